The first-order valence-electron chi connectivity index (χ1n) is 3.44. The van der Waals surface area contributed by atoms with E-state index in [-0.39, 0.29) is 0 Å². The number of oxazole rings is 1. The van der Waals surface area contributed by atoms with Crippen LogP contribution in [0.3, 0.4) is 0 Å². The Kier molecular flexibility index (Phi) is 2.12. The third-order valence-electron chi connectivity index (χ3n) is 1.48. The summed E-state index contributed by atoms with van der Waals surface area (Å²) in [4.78, 5) is 3.99. The molecule has 0 atom stereocenters. The fourth-order valence-electron chi connectivity index (χ4n) is 0.919. The average Bonchev–Trinajstić information content (AvgIpc) is 2.58. The van der Waals surface area contributed by atoms with Gasteiger partial charge in [0.1, 0.15) is 0 Å². The van der Waals surface area contributed by atoms with Gasteiger partial charge in [-0.05, 0) is 46.9 Å². The van der Waals surface area contributed by atoms with Gasteiger partial charge in [0.05, 0.1) is 6.20 Å². The summed E-state index contributed by atoms with van der Waals surface area (Å²) in [6.07, 6.45) is 4.08. The number of aromatic nitrogens is 1. The Morgan fingerprint density at radius 3 is 2.58 bits per heavy atom. The molecule has 1 aromatic heterocycles. The van der Waals surface area contributed by atoms with Crippen LogP contribution in [0.1, 0.15) is 0 Å². The zero-order valence-corrected chi connectivity index (χ0v) is 8.28. The van der Waals surface area contributed by atoms with Crippen molar-refractivity contribution >= 4 is 22.6 Å². The monoisotopic (exact) mass is 270 g/mol. The van der Waals surface area contributed by atoms with E-state index in [1.54, 1.807) is 0 Å². The molecule has 0 aliphatic rings. The molecule has 0 saturated heterocycles. The maximum Gasteiger partial charge on any atom is 0.226 e. The summed E-state index contributed by atoms with van der Waals surface area (Å²) in [6.45, 7) is 0. The summed E-state index contributed by atoms with van der Waals surface area (Å²) in [5.41, 5.74) is 0.983. The Morgan fingerprint density at radius 2 is 2.00 bits per heavy atom. The summed E-state index contributed by atoms with van der Waals surface area (Å²) < 4.78 is 6.22. The van der Waals surface area contributed by atoms with Gasteiger partial charge in [-0.1, -0.05) is 0 Å². The molecule has 1 heterocycles. The van der Waals surface area contributed by atoms with Crippen molar-refractivity contribution in [1.29, 1.82) is 0 Å². The van der Waals surface area contributed by atoms with Crippen molar-refractivity contribution < 1.29 is 4.42 Å². The normalized spacial score (nSPS) is 10.1. The summed E-state index contributed by atoms with van der Waals surface area (Å²) in [7, 11) is 0. The molecule has 2 nitrogen and oxygen atoms in total. The van der Waals surface area contributed by atoms with Crippen LogP contribution in [0.5, 0.6) is 0 Å². The lowest BCUT2D eigenvalue weighted by molar-refractivity contribution is 0.566. The molecule has 0 spiro atoms. The predicted molar refractivity (Wildman–Crippen MR) is 53.5 cm³/mol. The Morgan fingerprint density at radius 1 is 1.25 bits per heavy atom. The highest BCUT2D eigenvalue weighted by Crippen LogP contribution is 2.17. The zero-order chi connectivity index (χ0) is 8.39. The van der Waals surface area contributed by atoms with Gasteiger partial charge >= 0.3 is 0 Å². The fourth-order valence-corrected chi connectivity index (χ4v) is 1.28. The summed E-state index contributed by atoms with van der Waals surface area (Å²) in [6, 6.07) is 7.98. The summed E-state index contributed by atoms with van der Waals surface area (Å²) in [5, 5.41) is 0. The van der Waals surface area contributed by atoms with Crippen LogP contribution in [0, 0.1) is 9.83 Å². The number of hydrogen-bond donors (Lipinski definition) is 0. The second-order valence-corrected chi connectivity index (χ2v) is 3.54. The molecule has 0 bridgehead atoms. The molecule has 3 heteroatoms. The van der Waals surface area contributed by atoms with Gasteiger partial charge in [-0.15, -0.1) is 0 Å². The second kappa shape index (κ2) is 3.26. The van der Waals surface area contributed by atoms with Crippen LogP contribution in [0.15, 0.2) is 34.9 Å². The number of benzene rings is 1. The molecule has 59 valence electrons. The van der Waals surface area contributed by atoms with Gasteiger partial charge < -0.3 is 4.42 Å². The molecular weight excluding hydrogens is 265 g/mol. The minimum absolute atomic E-state index is 0.617. The molecule has 2 aromatic rings. The molecule has 0 aliphatic heterocycles. The third-order valence-corrected chi connectivity index (χ3v) is 2.20. The van der Waals surface area contributed by atoms with Crippen LogP contribution in [0.2, 0.25) is 0 Å². The second-order valence-electron chi connectivity index (χ2n) is 2.29. The maximum absolute atomic E-state index is 5.02. The first-order valence-corrected chi connectivity index (χ1v) is 4.52. The number of halogens is 1. The number of hydrogen-bond acceptors (Lipinski definition) is 2. The Hall–Kier alpha value is -0.840. The van der Waals surface area contributed by atoms with Gasteiger partial charge in [0.15, 0.2) is 6.26 Å². The van der Waals surface area contributed by atoms with Gasteiger partial charge in [0.2, 0.25) is 5.89 Å². The standard InChI is InChI=1S/C9H5INO/c10-8-3-1-7(2-4-8)9-11-5-6-12-9/h1-5H. The van der Waals surface area contributed by atoms with Crippen molar-refractivity contribution in [2.45, 2.75) is 0 Å². The van der Waals surface area contributed by atoms with E-state index in [1.165, 1.54) is 9.77 Å². The van der Waals surface area contributed by atoms with Crippen molar-refractivity contribution in [3.8, 4) is 11.5 Å². The Balaban J connectivity index is 2.43. The molecule has 12 heavy (non-hydrogen) atoms. The van der Waals surface area contributed by atoms with Crippen LogP contribution in [-0.2, 0) is 0 Å². The van der Waals surface area contributed by atoms with Gasteiger partial charge in [0, 0.05) is 9.13 Å². The van der Waals surface area contributed by atoms with E-state index in [0.29, 0.717) is 5.89 Å². The highest BCUT2D eigenvalue weighted by Gasteiger charge is 2.00. The highest BCUT2D eigenvalue weighted by molar-refractivity contribution is 14.1. The third kappa shape index (κ3) is 1.50. The lowest BCUT2D eigenvalue weighted by atomic mass is 10.2. The van der Waals surface area contributed by atoms with Crippen LogP contribution >= 0.6 is 22.6 Å². The van der Waals surface area contributed by atoms with Crippen molar-refractivity contribution in [2.24, 2.45) is 0 Å². The average molecular weight is 270 g/mol. The van der Waals surface area contributed by atoms with Crippen LogP contribution in [0.4, 0.5) is 0 Å². The molecule has 0 fully saturated rings. The van der Waals surface area contributed by atoms with Gasteiger partial charge in [0.25, 0.3) is 0 Å². The van der Waals surface area contributed by atoms with E-state index in [1.807, 2.05) is 24.3 Å². The van der Waals surface area contributed by atoms with Gasteiger partial charge in [-0.25, -0.2) is 4.98 Å². The maximum atomic E-state index is 5.02. The van der Waals surface area contributed by atoms with Crippen LogP contribution < -0.4 is 0 Å². The first kappa shape index (κ1) is 7.79. The predicted octanol–water partition coefficient (Wildman–Crippen LogP) is 2.75. The summed E-state index contributed by atoms with van der Waals surface area (Å²) >= 11 is 2.26. The number of rotatable bonds is 1. The molecule has 0 saturated carbocycles. The van der Waals surface area contributed by atoms with Crippen molar-refractivity contribution in [3.05, 3.63) is 40.3 Å². The molecule has 0 amide bonds. The first-order chi connectivity index (χ1) is 5.86. The smallest absolute Gasteiger partial charge is 0.226 e. The van der Waals surface area contributed by atoms with Crippen molar-refractivity contribution in [1.82, 2.24) is 4.98 Å². The topological polar surface area (TPSA) is 26.0 Å². The van der Waals surface area contributed by atoms with Crippen molar-refractivity contribution in [3.63, 3.8) is 0 Å². The van der Waals surface area contributed by atoms with Gasteiger partial charge in [-0.2, -0.15) is 0 Å². The quantitative estimate of drug-likeness (QED) is 0.745. The largest absolute Gasteiger partial charge is 0.433 e. The van der Waals surface area contributed by atoms with E-state index in [4.69, 9.17) is 4.42 Å². The van der Waals surface area contributed by atoms with Crippen LogP contribution in [0.25, 0.3) is 11.5 Å². The van der Waals surface area contributed by atoms with E-state index >= 15 is 0 Å². The summed E-state index contributed by atoms with van der Waals surface area (Å²) in [5.74, 6) is 0.617. The molecule has 0 aliphatic carbocycles. The molecule has 1 aromatic carbocycles. The molecule has 0 unspecified atom stereocenters. The van der Waals surface area contributed by atoms with Crippen molar-refractivity contribution in [2.75, 3.05) is 0 Å². The molecule has 1 radical (unpaired) electrons. The minimum Gasteiger partial charge on any atom is -0.433 e. The van der Waals surface area contributed by atoms with Gasteiger partial charge in [-0.3, -0.25) is 0 Å². The molecule has 2 rings (SSSR count). The zero-order valence-electron chi connectivity index (χ0n) is 6.12. The minimum atomic E-state index is 0.617. The lowest BCUT2D eigenvalue weighted by Crippen LogP contribution is -1.76. The van der Waals surface area contributed by atoms with E-state index in [9.17, 15) is 0 Å². The SMILES string of the molecule is Ic1ccc(-c2nc[c]o2)cc1. The Bertz CT molecular complexity index is 353. The Labute approximate surface area is 83.8 Å². The van der Waals surface area contributed by atoms with E-state index in [2.05, 4.69) is 33.8 Å². The number of nitrogens with zero attached hydrogens (tertiary/aromatic N) is 1. The lowest BCUT2D eigenvalue weighted by Gasteiger charge is -1.93. The van der Waals surface area contributed by atoms with E-state index in [0.717, 1.165) is 5.56 Å². The molecule has 0 N–H and O–H groups in total. The van der Waals surface area contributed by atoms with Crippen LogP contribution in [-0.4, -0.2) is 4.98 Å². The van der Waals surface area contributed by atoms with E-state index < -0.39 is 0 Å². The highest BCUT2D eigenvalue weighted by atomic mass is 127. The molecular formula is C9H5INO. The fraction of sp³-hybridized carbons (Fsp3) is 0.